The molecule has 0 aliphatic carbocycles. The van der Waals surface area contributed by atoms with Gasteiger partial charge in [-0.05, 0) is 43.0 Å². The van der Waals surface area contributed by atoms with E-state index in [0.29, 0.717) is 18.5 Å². The predicted molar refractivity (Wildman–Crippen MR) is 100 cm³/mol. The molecule has 3 aliphatic heterocycles. The first-order valence-corrected chi connectivity index (χ1v) is 10.0. The van der Waals surface area contributed by atoms with Crippen molar-refractivity contribution < 1.29 is 27.6 Å². The van der Waals surface area contributed by atoms with Gasteiger partial charge in [0.15, 0.2) is 0 Å². The van der Waals surface area contributed by atoms with Crippen molar-refractivity contribution in [3.8, 4) is 0 Å². The predicted octanol–water partition coefficient (Wildman–Crippen LogP) is 1.22. The number of benzene rings is 1. The summed E-state index contributed by atoms with van der Waals surface area (Å²) in [4.78, 5) is 37.9. The van der Waals surface area contributed by atoms with Crippen LogP contribution in [0.2, 0.25) is 0 Å². The third kappa shape index (κ3) is 4.06. The molecule has 3 aliphatic rings. The van der Waals surface area contributed by atoms with Crippen molar-refractivity contribution in [2.45, 2.75) is 63.1 Å². The monoisotopic (exact) mass is 424 g/mol. The van der Waals surface area contributed by atoms with Gasteiger partial charge in [-0.2, -0.15) is 13.2 Å². The maximum absolute atomic E-state index is 13.0. The molecule has 0 saturated carbocycles. The Morgan fingerprint density at radius 3 is 2.70 bits per heavy atom. The van der Waals surface area contributed by atoms with Crippen LogP contribution in [-0.4, -0.2) is 53.5 Å². The number of amides is 3. The molecule has 0 aromatic heterocycles. The molecular formula is C20H23F3N4O3. The number of imide groups is 1. The van der Waals surface area contributed by atoms with Crippen LogP contribution in [0.1, 0.15) is 47.2 Å². The quantitative estimate of drug-likeness (QED) is 0.633. The van der Waals surface area contributed by atoms with Crippen molar-refractivity contribution in [3.05, 3.63) is 34.9 Å². The Bertz CT molecular complexity index is 873. The number of hydrogen-bond donors (Lipinski definition) is 3. The minimum atomic E-state index is -4.27. The van der Waals surface area contributed by atoms with E-state index < -0.39 is 24.2 Å². The molecule has 4 rings (SSSR count). The van der Waals surface area contributed by atoms with E-state index in [2.05, 4.69) is 16.0 Å². The molecule has 3 heterocycles. The van der Waals surface area contributed by atoms with Gasteiger partial charge in [0, 0.05) is 31.1 Å². The SMILES string of the molecule is O=C1CCC(N2Cc3c(CN[C@@H]4CCN[C@H](C(F)(F)F)C4)cccc3C2=O)C(=O)N1. The molecule has 10 heteroatoms. The fourth-order valence-electron chi connectivity index (χ4n) is 4.42. The minimum Gasteiger partial charge on any atom is -0.322 e. The molecule has 1 unspecified atom stereocenters. The molecule has 3 N–H and O–H groups in total. The van der Waals surface area contributed by atoms with Gasteiger partial charge in [0.25, 0.3) is 5.91 Å². The number of nitrogens with zero attached hydrogens (tertiary/aromatic N) is 1. The van der Waals surface area contributed by atoms with Crippen molar-refractivity contribution in [1.29, 1.82) is 0 Å². The summed E-state index contributed by atoms with van der Waals surface area (Å²) in [6, 6.07) is 2.78. The lowest BCUT2D eigenvalue weighted by Gasteiger charge is -2.32. The van der Waals surface area contributed by atoms with Gasteiger partial charge in [-0.25, -0.2) is 0 Å². The zero-order valence-electron chi connectivity index (χ0n) is 16.2. The maximum atomic E-state index is 13.0. The highest BCUT2D eigenvalue weighted by Crippen LogP contribution is 2.30. The van der Waals surface area contributed by atoms with E-state index in [9.17, 15) is 27.6 Å². The van der Waals surface area contributed by atoms with Crippen LogP contribution in [0.3, 0.4) is 0 Å². The third-order valence-electron chi connectivity index (χ3n) is 6.06. The standard InChI is InChI=1S/C20H23F3N4O3/c21-20(22,23)16-8-12(6-7-24-16)25-9-11-2-1-3-13-14(11)10-27(19(13)30)15-4-5-17(28)26-18(15)29/h1-3,12,15-16,24-25H,4-10H2,(H,26,28,29)/t12-,15?,16+/m1/s1. The first-order chi connectivity index (χ1) is 14.2. The molecule has 30 heavy (non-hydrogen) atoms. The molecule has 0 radical (unpaired) electrons. The van der Waals surface area contributed by atoms with Crippen LogP contribution in [0.15, 0.2) is 18.2 Å². The largest absolute Gasteiger partial charge is 0.403 e. The van der Waals surface area contributed by atoms with E-state index in [1.165, 1.54) is 4.90 Å². The summed E-state index contributed by atoms with van der Waals surface area (Å²) >= 11 is 0. The van der Waals surface area contributed by atoms with E-state index >= 15 is 0 Å². The summed E-state index contributed by atoms with van der Waals surface area (Å²) < 4.78 is 39.0. The van der Waals surface area contributed by atoms with E-state index in [1.54, 1.807) is 12.1 Å². The van der Waals surface area contributed by atoms with Crippen molar-refractivity contribution in [2.75, 3.05) is 6.54 Å². The second-order valence-corrected chi connectivity index (χ2v) is 7.99. The normalized spacial score (nSPS) is 27.2. The first kappa shape index (κ1) is 20.8. The summed E-state index contributed by atoms with van der Waals surface area (Å²) in [5, 5.41) is 7.98. The van der Waals surface area contributed by atoms with Crippen molar-refractivity contribution in [2.24, 2.45) is 0 Å². The highest BCUT2D eigenvalue weighted by molar-refractivity contribution is 6.05. The van der Waals surface area contributed by atoms with Gasteiger partial charge in [0.05, 0.1) is 0 Å². The first-order valence-electron chi connectivity index (χ1n) is 10.0. The smallest absolute Gasteiger partial charge is 0.322 e. The number of fused-ring (bicyclic) bond motifs is 1. The average molecular weight is 424 g/mol. The van der Waals surface area contributed by atoms with E-state index in [0.717, 1.165) is 11.1 Å². The Morgan fingerprint density at radius 2 is 1.97 bits per heavy atom. The number of nitrogens with one attached hydrogen (secondary N) is 3. The molecule has 3 atom stereocenters. The fourth-order valence-corrected chi connectivity index (χ4v) is 4.42. The lowest BCUT2D eigenvalue weighted by molar-refractivity contribution is -0.161. The van der Waals surface area contributed by atoms with E-state index in [4.69, 9.17) is 0 Å². The van der Waals surface area contributed by atoms with Crippen LogP contribution < -0.4 is 16.0 Å². The number of rotatable bonds is 4. The molecule has 2 saturated heterocycles. The van der Waals surface area contributed by atoms with Gasteiger partial charge < -0.3 is 15.5 Å². The Balaban J connectivity index is 1.44. The van der Waals surface area contributed by atoms with Crippen LogP contribution in [0.25, 0.3) is 0 Å². The number of piperidine rings is 2. The van der Waals surface area contributed by atoms with Crippen LogP contribution in [-0.2, 0) is 22.7 Å². The van der Waals surface area contributed by atoms with E-state index in [-0.39, 0.29) is 50.2 Å². The minimum absolute atomic E-state index is 0.0418. The Labute approximate surface area is 171 Å². The molecule has 1 aromatic carbocycles. The van der Waals surface area contributed by atoms with Gasteiger partial charge >= 0.3 is 6.18 Å². The maximum Gasteiger partial charge on any atom is 0.403 e. The molecule has 1 aromatic rings. The number of halogens is 3. The fraction of sp³-hybridized carbons (Fsp3) is 0.550. The summed E-state index contributed by atoms with van der Waals surface area (Å²) in [6.45, 7) is 0.876. The zero-order chi connectivity index (χ0) is 21.5. The molecule has 2 fully saturated rings. The van der Waals surface area contributed by atoms with Gasteiger partial charge in [0.1, 0.15) is 12.1 Å². The van der Waals surface area contributed by atoms with Gasteiger partial charge in [-0.1, -0.05) is 12.1 Å². The molecule has 162 valence electrons. The van der Waals surface area contributed by atoms with Crippen LogP contribution in [0, 0.1) is 0 Å². The lowest BCUT2D eigenvalue weighted by Crippen LogP contribution is -2.52. The molecule has 0 spiro atoms. The Hall–Kier alpha value is -2.46. The summed E-state index contributed by atoms with van der Waals surface area (Å²) in [5.41, 5.74) is 2.11. The third-order valence-corrected chi connectivity index (χ3v) is 6.06. The lowest BCUT2D eigenvalue weighted by atomic mass is 9.98. The summed E-state index contributed by atoms with van der Waals surface area (Å²) in [6.07, 6.45) is -3.26. The summed E-state index contributed by atoms with van der Waals surface area (Å²) in [5.74, 6) is -1.08. The van der Waals surface area contributed by atoms with Crippen molar-refractivity contribution in [3.63, 3.8) is 0 Å². The number of hydrogen-bond acceptors (Lipinski definition) is 5. The number of alkyl halides is 3. The number of carbonyl (C=O) groups excluding carboxylic acids is 3. The van der Waals surface area contributed by atoms with Gasteiger partial charge in [-0.3, -0.25) is 19.7 Å². The second kappa shape index (κ2) is 7.99. The molecule has 0 bridgehead atoms. The average Bonchev–Trinajstić information content (AvgIpc) is 3.03. The van der Waals surface area contributed by atoms with Gasteiger partial charge in [0.2, 0.25) is 11.8 Å². The topological polar surface area (TPSA) is 90.5 Å². The number of carbonyl (C=O) groups is 3. The van der Waals surface area contributed by atoms with Crippen LogP contribution in [0.4, 0.5) is 13.2 Å². The van der Waals surface area contributed by atoms with Crippen molar-refractivity contribution in [1.82, 2.24) is 20.9 Å². The molecular weight excluding hydrogens is 401 g/mol. The zero-order valence-corrected chi connectivity index (χ0v) is 16.2. The van der Waals surface area contributed by atoms with Crippen LogP contribution >= 0.6 is 0 Å². The molecule has 3 amide bonds. The second-order valence-electron chi connectivity index (χ2n) is 7.99. The highest BCUT2D eigenvalue weighted by Gasteiger charge is 2.42. The van der Waals surface area contributed by atoms with Gasteiger partial charge in [-0.15, -0.1) is 0 Å². The van der Waals surface area contributed by atoms with E-state index in [1.807, 2.05) is 6.07 Å². The summed E-state index contributed by atoms with van der Waals surface area (Å²) in [7, 11) is 0. The Morgan fingerprint density at radius 1 is 1.17 bits per heavy atom. The van der Waals surface area contributed by atoms with Crippen LogP contribution in [0.5, 0.6) is 0 Å². The molecule has 7 nitrogen and oxygen atoms in total. The Kier molecular flexibility index (Phi) is 5.54. The highest BCUT2D eigenvalue weighted by atomic mass is 19.4. The van der Waals surface area contributed by atoms with Crippen molar-refractivity contribution >= 4 is 17.7 Å².